The number of ether oxygens (including phenoxy) is 2. The van der Waals surface area contributed by atoms with Gasteiger partial charge in [-0.25, -0.2) is 0 Å². The maximum Gasteiger partial charge on any atom is 0.231 e. The zero-order valence-electron chi connectivity index (χ0n) is 12.3. The highest BCUT2D eigenvalue weighted by atomic mass is 16.7. The summed E-state index contributed by atoms with van der Waals surface area (Å²) in [6, 6.07) is 19.9. The fourth-order valence-electron chi connectivity index (χ4n) is 2.71. The van der Waals surface area contributed by atoms with E-state index < -0.39 is 0 Å². The monoisotopic (exact) mass is 299 g/mol. The molecule has 0 fully saturated rings. The van der Waals surface area contributed by atoms with Crippen molar-refractivity contribution in [1.29, 1.82) is 5.26 Å². The van der Waals surface area contributed by atoms with E-state index in [1.54, 1.807) is 0 Å². The van der Waals surface area contributed by atoms with Crippen molar-refractivity contribution < 1.29 is 9.47 Å². The topological polar surface area (TPSA) is 42.2 Å². The molecule has 1 heterocycles. The first-order valence-corrected chi connectivity index (χ1v) is 7.34. The van der Waals surface area contributed by atoms with Crippen molar-refractivity contribution in [2.24, 2.45) is 0 Å². The van der Waals surface area contributed by atoms with Crippen LogP contribution in [0.1, 0.15) is 16.7 Å². The van der Waals surface area contributed by atoms with Gasteiger partial charge in [-0.2, -0.15) is 5.26 Å². The molecule has 3 aromatic rings. The zero-order valence-corrected chi connectivity index (χ0v) is 12.3. The van der Waals surface area contributed by atoms with Crippen LogP contribution in [-0.2, 0) is 0 Å². The molecule has 0 bridgehead atoms. The van der Waals surface area contributed by atoms with E-state index in [1.807, 2.05) is 54.6 Å². The lowest BCUT2D eigenvalue weighted by molar-refractivity contribution is 0.174. The number of benzene rings is 3. The van der Waals surface area contributed by atoms with Gasteiger partial charge in [0.1, 0.15) is 0 Å². The third kappa shape index (κ3) is 2.51. The van der Waals surface area contributed by atoms with Gasteiger partial charge < -0.3 is 9.47 Å². The van der Waals surface area contributed by atoms with Crippen molar-refractivity contribution in [3.63, 3.8) is 0 Å². The van der Waals surface area contributed by atoms with Crippen LogP contribution < -0.4 is 9.47 Å². The molecule has 4 rings (SSSR count). The molecular formula is C20H13NO2. The first kappa shape index (κ1) is 13.4. The molecule has 3 heteroatoms. The molecule has 0 saturated heterocycles. The van der Waals surface area contributed by atoms with Crippen LogP contribution in [0.3, 0.4) is 0 Å². The summed E-state index contributed by atoms with van der Waals surface area (Å²) in [5.74, 6) is 1.56. The van der Waals surface area contributed by atoms with Gasteiger partial charge in [0.15, 0.2) is 11.5 Å². The van der Waals surface area contributed by atoms with Crippen LogP contribution in [0.5, 0.6) is 11.5 Å². The number of nitrogens with zero attached hydrogens (tertiary/aromatic N) is 1. The summed E-state index contributed by atoms with van der Waals surface area (Å²) in [6.07, 6.45) is 4.09. The molecule has 0 aromatic heterocycles. The van der Waals surface area contributed by atoms with Crippen molar-refractivity contribution in [3.05, 3.63) is 71.3 Å². The summed E-state index contributed by atoms with van der Waals surface area (Å²) < 4.78 is 10.7. The minimum absolute atomic E-state index is 0.281. The summed E-state index contributed by atoms with van der Waals surface area (Å²) >= 11 is 0. The standard InChI is InChI=1S/C20H13NO2/c21-12-15-5-8-17-3-1-2-16(18(17)10-15)7-4-14-6-9-19-20(11-14)23-13-22-19/h1-11H,13H2. The molecule has 0 amide bonds. The van der Waals surface area contributed by atoms with Crippen LogP contribution >= 0.6 is 0 Å². The third-order valence-corrected chi connectivity index (χ3v) is 3.90. The average Bonchev–Trinajstić information content (AvgIpc) is 3.07. The minimum Gasteiger partial charge on any atom is -0.454 e. The van der Waals surface area contributed by atoms with Gasteiger partial charge >= 0.3 is 0 Å². The number of fused-ring (bicyclic) bond motifs is 2. The number of nitriles is 1. The van der Waals surface area contributed by atoms with E-state index in [-0.39, 0.29) is 6.79 Å². The largest absolute Gasteiger partial charge is 0.454 e. The van der Waals surface area contributed by atoms with Gasteiger partial charge in [0.2, 0.25) is 6.79 Å². The first-order valence-electron chi connectivity index (χ1n) is 7.34. The predicted octanol–water partition coefficient (Wildman–Crippen LogP) is 4.61. The Balaban J connectivity index is 1.73. The molecule has 110 valence electrons. The molecule has 0 unspecified atom stereocenters. The van der Waals surface area contributed by atoms with Crippen molar-refractivity contribution in [1.82, 2.24) is 0 Å². The van der Waals surface area contributed by atoms with E-state index in [1.165, 1.54) is 0 Å². The number of rotatable bonds is 2. The van der Waals surface area contributed by atoms with E-state index in [2.05, 4.69) is 18.2 Å². The van der Waals surface area contributed by atoms with Crippen LogP contribution in [-0.4, -0.2) is 6.79 Å². The summed E-state index contributed by atoms with van der Waals surface area (Å²) in [7, 11) is 0. The molecule has 0 aliphatic carbocycles. The van der Waals surface area contributed by atoms with E-state index in [4.69, 9.17) is 14.7 Å². The van der Waals surface area contributed by atoms with Gasteiger partial charge in [0.25, 0.3) is 0 Å². The fourth-order valence-corrected chi connectivity index (χ4v) is 2.71. The van der Waals surface area contributed by atoms with Gasteiger partial charge in [0, 0.05) is 0 Å². The Hall–Kier alpha value is -3.25. The van der Waals surface area contributed by atoms with Crippen LogP contribution in [0.25, 0.3) is 22.9 Å². The van der Waals surface area contributed by atoms with E-state index in [0.717, 1.165) is 33.4 Å². The van der Waals surface area contributed by atoms with E-state index >= 15 is 0 Å². The molecular weight excluding hydrogens is 286 g/mol. The Kier molecular flexibility index (Phi) is 3.21. The predicted molar refractivity (Wildman–Crippen MR) is 90.2 cm³/mol. The summed E-state index contributed by atoms with van der Waals surface area (Å²) in [5.41, 5.74) is 2.79. The molecule has 1 aliphatic heterocycles. The van der Waals surface area contributed by atoms with Gasteiger partial charge in [-0.05, 0) is 46.2 Å². The van der Waals surface area contributed by atoms with E-state index in [9.17, 15) is 0 Å². The second-order valence-electron chi connectivity index (χ2n) is 5.34. The van der Waals surface area contributed by atoms with Crippen LogP contribution in [0.4, 0.5) is 0 Å². The summed E-state index contributed by atoms with van der Waals surface area (Å²) in [6.45, 7) is 0.281. The normalized spacial score (nSPS) is 12.7. The average molecular weight is 299 g/mol. The second kappa shape index (κ2) is 5.51. The highest BCUT2D eigenvalue weighted by Gasteiger charge is 2.12. The molecule has 0 saturated carbocycles. The number of hydrogen-bond acceptors (Lipinski definition) is 3. The van der Waals surface area contributed by atoms with Crippen molar-refractivity contribution in [2.45, 2.75) is 0 Å². The van der Waals surface area contributed by atoms with Crippen molar-refractivity contribution in [2.75, 3.05) is 6.79 Å². The lowest BCUT2D eigenvalue weighted by Crippen LogP contribution is -1.92. The smallest absolute Gasteiger partial charge is 0.231 e. The first-order chi connectivity index (χ1) is 11.3. The summed E-state index contributed by atoms with van der Waals surface area (Å²) in [4.78, 5) is 0. The molecule has 0 atom stereocenters. The third-order valence-electron chi connectivity index (χ3n) is 3.90. The quantitative estimate of drug-likeness (QED) is 0.649. The van der Waals surface area contributed by atoms with Gasteiger partial charge in [-0.1, -0.05) is 42.5 Å². The maximum absolute atomic E-state index is 9.09. The second-order valence-corrected chi connectivity index (χ2v) is 5.34. The van der Waals surface area contributed by atoms with Gasteiger partial charge in [-0.15, -0.1) is 0 Å². The molecule has 0 N–H and O–H groups in total. The maximum atomic E-state index is 9.09. The number of hydrogen-bond donors (Lipinski definition) is 0. The molecule has 23 heavy (non-hydrogen) atoms. The SMILES string of the molecule is N#Cc1ccc2cccc(C=Cc3ccc4c(c3)OCO4)c2c1. The van der Waals surface area contributed by atoms with Gasteiger partial charge in [0.05, 0.1) is 11.6 Å². The van der Waals surface area contributed by atoms with Crippen LogP contribution in [0.15, 0.2) is 54.6 Å². The fraction of sp³-hybridized carbons (Fsp3) is 0.0500. The Morgan fingerprint density at radius 2 is 1.83 bits per heavy atom. The molecule has 3 aromatic carbocycles. The molecule has 0 spiro atoms. The zero-order chi connectivity index (χ0) is 15.6. The van der Waals surface area contributed by atoms with Crippen molar-refractivity contribution in [3.8, 4) is 17.6 Å². The highest BCUT2D eigenvalue weighted by Crippen LogP contribution is 2.33. The van der Waals surface area contributed by atoms with Crippen molar-refractivity contribution >= 4 is 22.9 Å². The summed E-state index contributed by atoms with van der Waals surface area (Å²) in [5, 5.41) is 11.3. The lowest BCUT2D eigenvalue weighted by Gasteiger charge is -2.03. The molecule has 3 nitrogen and oxygen atoms in total. The Morgan fingerprint density at radius 1 is 0.913 bits per heavy atom. The Labute approximate surface area is 134 Å². The Morgan fingerprint density at radius 3 is 2.74 bits per heavy atom. The van der Waals surface area contributed by atoms with Crippen LogP contribution in [0.2, 0.25) is 0 Å². The van der Waals surface area contributed by atoms with E-state index in [0.29, 0.717) is 5.56 Å². The lowest BCUT2D eigenvalue weighted by atomic mass is 10.0. The minimum atomic E-state index is 0.281. The molecule has 1 aliphatic rings. The van der Waals surface area contributed by atoms with Gasteiger partial charge in [-0.3, -0.25) is 0 Å². The van der Waals surface area contributed by atoms with Crippen LogP contribution in [0, 0.1) is 11.3 Å². The Bertz CT molecular complexity index is 967. The highest BCUT2D eigenvalue weighted by molar-refractivity contribution is 5.93. The molecule has 0 radical (unpaired) electrons.